The third-order valence-electron chi connectivity index (χ3n) is 3.21. The predicted octanol–water partition coefficient (Wildman–Crippen LogP) is 2.90. The number of hydrogen-bond acceptors (Lipinski definition) is 2. The van der Waals surface area contributed by atoms with Crippen molar-refractivity contribution in [1.82, 2.24) is 5.32 Å². The van der Waals surface area contributed by atoms with E-state index in [0.29, 0.717) is 6.54 Å². The van der Waals surface area contributed by atoms with E-state index in [9.17, 15) is 9.18 Å². The SMILES string of the molecule is Cc1cc(F)ccc1NCC(=O)NCCc1ccccc1. The zero-order chi connectivity index (χ0) is 15.1. The first kappa shape index (κ1) is 15.0. The number of nitrogens with one attached hydrogen (secondary N) is 2. The van der Waals surface area contributed by atoms with Gasteiger partial charge in [0.1, 0.15) is 5.82 Å². The topological polar surface area (TPSA) is 41.1 Å². The van der Waals surface area contributed by atoms with Crippen LogP contribution in [0.15, 0.2) is 48.5 Å². The summed E-state index contributed by atoms with van der Waals surface area (Å²) in [4.78, 5) is 11.7. The van der Waals surface area contributed by atoms with Crippen molar-refractivity contribution in [3.05, 3.63) is 65.5 Å². The number of hydrogen-bond donors (Lipinski definition) is 2. The highest BCUT2D eigenvalue weighted by Crippen LogP contribution is 2.14. The fourth-order valence-electron chi connectivity index (χ4n) is 2.05. The summed E-state index contributed by atoms with van der Waals surface area (Å²) in [7, 11) is 0. The number of amides is 1. The van der Waals surface area contributed by atoms with Crippen molar-refractivity contribution in [2.45, 2.75) is 13.3 Å². The summed E-state index contributed by atoms with van der Waals surface area (Å²) in [5, 5.41) is 5.87. The van der Waals surface area contributed by atoms with Crippen LogP contribution in [0, 0.1) is 12.7 Å². The lowest BCUT2D eigenvalue weighted by atomic mass is 10.1. The van der Waals surface area contributed by atoms with E-state index in [-0.39, 0.29) is 18.3 Å². The van der Waals surface area contributed by atoms with Gasteiger partial charge in [0.15, 0.2) is 0 Å². The molecule has 2 aromatic carbocycles. The van der Waals surface area contributed by atoms with E-state index < -0.39 is 0 Å². The second kappa shape index (κ2) is 7.43. The quantitative estimate of drug-likeness (QED) is 0.857. The number of carbonyl (C=O) groups excluding carboxylic acids is 1. The van der Waals surface area contributed by atoms with Crippen LogP contribution in [-0.4, -0.2) is 19.0 Å². The minimum Gasteiger partial charge on any atom is -0.376 e. The molecule has 0 saturated heterocycles. The molecule has 0 bridgehead atoms. The molecule has 3 nitrogen and oxygen atoms in total. The average Bonchev–Trinajstić information content (AvgIpc) is 2.47. The first-order valence-electron chi connectivity index (χ1n) is 6.96. The summed E-state index contributed by atoms with van der Waals surface area (Å²) < 4.78 is 13.0. The Labute approximate surface area is 124 Å². The van der Waals surface area contributed by atoms with Gasteiger partial charge in [0.2, 0.25) is 5.91 Å². The molecule has 0 aromatic heterocycles. The van der Waals surface area contributed by atoms with Crippen molar-refractivity contribution >= 4 is 11.6 Å². The molecule has 21 heavy (non-hydrogen) atoms. The minimum absolute atomic E-state index is 0.0744. The Morgan fingerprint density at radius 1 is 1.14 bits per heavy atom. The van der Waals surface area contributed by atoms with Crippen LogP contribution in [0.1, 0.15) is 11.1 Å². The Morgan fingerprint density at radius 3 is 2.62 bits per heavy atom. The maximum atomic E-state index is 13.0. The molecule has 0 fully saturated rings. The molecule has 0 saturated carbocycles. The molecule has 2 aromatic rings. The van der Waals surface area contributed by atoms with Crippen molar-refractivity contribution < 1.29 is 9.18 Å². The van der Waals surface area contributed by atoms with Crippen molar-refractivity contribution in [3.8, 4) is 0 Å². The Morgan fingerprint density at radius 2 is 1.90 bits per heavy atom. The summed E-state index contributed by atoms with van der Waals surface area (Å²) in [6.45, 7) is 2.59. The smallest absolute Gasteiger partial charge is 0.239 e. The molecule has 4 heteroatoms. The number of anilines is 1. The fourth-order valence-corrected chi connectivity index (χ4v) is 2.05. The van der Waals surface area contributed by atoms with Crippen LogP contribution in [0.2, 0.25) is 0 Å². The van der Waals surface area contributed by atoms with Crippen LogP contribution in [0.3, 0.4) is 0 Å². The van der Waals surface area contributed by atoms with Gasteiger partial charge in [0.05, 0.1) is 6.54 Å². The highest BCUT2D eigenvalue weighted by atomic mass is 19.1. The number of carbonyl (C=O) groups is 1. The Balaban J connectivity index is 1.72. The van der Waals surface area contributed by atoms with Crippen molar-refractivity contribution in [1.29, 1.82) is 0 Å². The van der Waals surface area contributed by atoms with Gasteiger partial charge >= 0.3 is 0 Å². The lowest BCUT2D eigenvalue weighted by molar-refractivity contribution is -0.119. The zero-order valence-corrected chi connectivity index (χ0v) is 12.0. The molecule has 0 radical (unpaired) electrons. The molecule has 0 aliphatic heterocycles. The summed E-state index contributed by atoms with van der Waals surface area (Å²) in [5.74, 6) is -0.347. The molecular formula is C17H19FN2O. The van der Waals surface area contributed by atoms with Gasteiger partial charge in [0.25, 0.3) is 0 Å². The van der Waals surface area contributed by atoms with E-state index in [1.54, 1.807) is 13.0 Å². The lowest BCUT2D eigenvalue weighted by Crippen LogP contribution is -2.31. The van der Waals surface area contributed by atoms with E-state index in [1.165, 1.54) is 17.7 Å². The second-order valence-electron chi connectivity index (χ2n) is 4.90. The van der Waals surface area contributed by atoms with Gasteiger partial charge in [-0.3, -0.25) is 4.79 Å². The van der Waals surface area contributed by atoms with Gasteiger partial charge in [-0.15, -0.1) is 0 Å². The largest absolute Gasteiger partial charge is 0.376 e. The van der Waals surface area contributed by atoms with E-state index >= 15 is 0 Å². The van der Waals surface area contributed by atoms with Gasteiger partial charge in [-0.05, 0) is 42.7 Å². The van der Waals surface area contributed by atoms with E-state index in [0.717, 1.165) is 17.7 Å². The van der Waals surface area contributed by atoms with E-state index in [2.05, 4.69) is 10.6 Å². The van der Waals surface area contributed by atoms with Gasteiger partial charge in [-0.2, -0.15) is 0 Å². The van der Waals surface area contributed by atoms with E-state index in [1.807, 2.05) is 30.3 Å². The second-order valence-corrected chi connectivity index (χ2v) is 4.90. The predicted molar refractivity (Wildman–Crippen MR) is 82.8 cm³/mol. The molecule has 0 spiro atoms. The highest BCUT2D eigenvalue weighted by molar-refractivity contribution is 5.80. The normalized spacial score (nSPS) is 10.2. The molecule has 0 unspecified atom stereocenters. The van der Waals surface area contributed by atoms with Crippen LogP contribution >= 0.6 is 0 Å². The minimum atomic E-state index is -0.273. The molecule has 0 atom stereocenters. The molecular weight excluding hydrogens is 267 g/mol. The first-order valence-corrected chi connectivity index (χ1v) is 6.96. The maximum Gasteiger partial charge on any atom is 0.239 e. The van der Waals surface area contributed by atoms with Crippen LogP contribution < -0.4 is 10.6 Å². The maximum absolute atomic E-state index is 13.0. The summed E-state index contributed by atoms with van der Waals surface area (Å²) in [6.07, 6.45) is 0.808. The third-order valence-corrected chi connectivity index (χ3v) is 3.21. The van der Waals surface area contributed by atoms with Crippen molar-refractivity contribution in [2.75, 3.05) is 18.4 Å². The Kier molecular flexibility index (Phi) is 5.32. The molecule has 0 aliphatic rings. The average molecular weight is 286 g/mol. The first-order chi connectivity index (χ1) is 10.1. The van der Waals surface area contributed by atoms with Gasteiger partial charge in [-0.25, -0.2) is 4.39 Å². The molecule has 110 valence electrons. The van der Waals surface area contributed by atoms with Gasteiger partial charge in [-0.1, -0.05) is 30.3 Å². The molecule has 2 rings (SSSR count). The van der Waals surface area contributed by atoms with Crippen LogP contribution in [0.4, 0.5) is 10.1 Å². The van der Waals surface area contributed by atoms with Crippen LogP contribution in [-0.2, 0) is 11.2 Å². The number of halogens is 1. The number of rotatable bonds is 6. The molecule has 0 heterocycles. The molecule has 0 aliphatic carbocycles. The molecule has 2 N–H and O–H groups in total. The lowest BCUT2D eigenvalue weighted by Gasteiger charge is -2.10. The highest BCUT2D eigenvalue weighted by Gasteiger charge is 2.03. The molecule has 1 amide bonds. The third kappa shape index (κ3) is 4.91. The van der Waals surface area contributed by atoms with E-state index in [4.69, 9.17) is 0 Å². The van der Waals surface area contributed by atoms with Gasteiger partial charge < -0.3 is 10.6 Å². The van der Waals surface area contributed by atoms with Crippen LogP contribution in [0.5, 0.6) is 0 Å². The van der Waals surface area contributed by atoms with Crippen molar-refractivity contribution in [2.24, 2.45) is 0 Å². The number of benzene rings is 2. The van der Waals surface area contributed by atoms with Crippen LogP contribution in [0.25, 0.3) is 0 Å². The fraction of sp³-hybridized carbons (Fsp3) is 0.235. The monoisotopic (exact) mass is 286 g/mol. The Hall–Kier alpha value is -2.36. The summed E-state index contributed by atoms with van der Waals surface area (Å²) >= 11 is 0. The standard InChI is InChI=1S/C17H19FN2O/c1-13-11-15(18)7-8-16(13)20-12-17(21)19-10-9-14-5-3-2-4-6-14/h2-8,11,20H,9-10,12H2,1H3,(H,19,21). The Bertz CT molecular complexity index is 599. The van der Waals surface area contributed by atoms with Crippen molar-refractivity contribution in [3.63, 3.8) is 0 Å². The number of aryl methyl sites for hydroxylation is 1. The van der Waals surface area contributed by atoms with Gasteiger partial charge in [0, 0.05) is 12.2 Å². The summed E-state index contributed by atoms with van der Waals surface area (Å²) in [5.41, 5.74) is 2.75. The zero-order valence-electron chi connectivity index (χ0n) is 12.0. The summed E-state index contributed by atoms with van der Waals surface area (Å²) in [6, 6.07) is 14.5.